The van der Waals surface area contributed by atoms with Gasteiger partial charge in [0.05, 0.1) is 0 Å². The molecule has 0 amide bonds. The van der Waals surface area contributed by atoms with Crippen molar-refractivity contribution in [2.45, 2.75) is 31.2 Å². The number of rotatable bonds is 5. The van der Waals surface area contributed by atoms with E-state index in [-0.39, 0.29) is 0 Å². The van der Waals surface area contributed by atoms with E-state index < -0.39 is 0 Å². The third kappa shape index (κ3) is 3.11. The van der Waals surface area contributed by atoms with Crippen LogP contribution < -0.4 is 5.32 Å². The molecule has 0 saturated carbocycles. The van der Waals surface area contributed by atoms with E-state index in [1.807, 2.05) is 25.2 Å². The number of fused-ring (bicyclic) bond motifs is 1. The smallest absolute Gasteiger partial charge is 0.0453 e. The van der Waals surface area contributed by atoms with Crippen molar-refractivity contribution in [1.29, 1.82) is 0 Å². The van der Waals surface area contributed by atoms with Crippen molar-refractivity contribution in [2.24, 2.45) is 0 Å². The summed E-state index contributed by atoms with van der Waals surface area (Å²) in [5, 5.41) is 4.94. The fourth-order valence-corrected chi connectivity index (χ4v) is 3.75. The first-order chi connectivity index (χ1) is 10.2. The molecule has 2 aromatic rings. The van der Waals surface area contributed by atoms with E-state index in [0.29, 0.717) is 12.0 Å². The minimum Gasteiger partial charge on any atom is -0.317 e. The lowest BCUT2D eigenvalue weighted by Gasteiger charge is -2.33. The van der Waals surface area contributed by atoms with Crippen LogP contribution in [0.2, 0.25) is 10.0 Å². The molecule has 3 rings (SSSR count). The minimum absolute atomic E-state index is 0.390. The van der Waals surface area contributed by atoms with Crippen molar-refractivity contribution in [3.63, 3.8) is 0 Å². The molecule has 0 radical (unpaired) electrons. The van der Waals surface area contributed by atoms with Crippen LogP contribution in [0.5, 0.6) is 0 Å². The van der Waals surface area contributed by atoms with Gasteiger partial charge in [-0.1, -0.05) is 53.5 Å². The Morgan fingerprint density at radius 3 is 2.48 bits per heavy atom. The van der Waals surface area contributed by atoms with Gasteiger partial charge in [0.1, 0.15) is 0 Å². The van der Waals surface area contributed by atoms with Crippen molar-refractivity contribution in [2.75, 3.05) is 7.05 Å². The average molecular weight is 320 g/mol. The Morgan fingerprint density at radius 1 is 1.10 bits per heavy atom. The summed E-state index contributed by atoms with van der Waals surface area (Å²) in [5.74, 6) is 0.653. The number of nitrogens with one attached hydrogen (secondary N) is 1. The minimum atomic E-state index is 0.390. The lowest BCUT2D eigenvalue weighted by Crippen LogP contribution is -2.32. The number of hydrogen-bond acceptors (Lipinski definition) is 1. The molecule has 1 N–H and O–H groups in total. The molecule has 1 aliphatic rings. The second-order valence-electron chi connectivity index (χ2n) is 5.73. The van der Waals surface area contributed by atoms with Gasteiger partial charge in [-0.25, -0.2) is 0 Å². The van der Waals surface area contributed by atoms with Crippen LogP contribution in [-0.4, -0.2) is 13.1 Å². The summed E-state index contributed by atoms with van der Waals surface area (Å²) in [7, 11) is 2.01. The Kier molecular flexibility index (Phi) is 4.54. The van der Waals surface area contributed by atoms with Crippen molar-refractivity contribution in [1.82, 2.24) is 5.32 Å². The summed E-state index contributed by atoms with van der Waals surface area (Å²) < 4.78 is 0. The van der Waals surface area contributed by atoms with Gasteiger partial charge in [-0.2, -0.15) is 0 Å². The van der Waals surface area contributed by atoms with Gasteiger partial charge >= 0.3 is 0 Å². The summed E-state index contributed by atoms with van der Waals surface area (Å²) in [4.78, 5) is 0. The van der Waals surface area contributed by atoms with Gasteiger partial charge in [-0.05, 0) is 61.1 Å². The first kappa shape index (κ1) is 14.9. The van der Waals surface area contributed by atoms with Crippen molar-refractivity contribution in [3.05, 3.63) is 69.2 Å². The van der Waals surface area contributed by atoms with Gasteiger partial charge in [0.25, 0.3) is 0 Å². The monoisotopic (exact) mass is 319 g/mol. The van der Waals surface area contributed by atoms with Gasteiger partial charge in [0.2, 0.25) is 0 Å². The molecule has 0 aromatic heterocycles. The van der Waals surface area contributed by atoms with Crippen LogP contribution in [0.25, 0.3) is 0 Å². The predicted octanol–water partition coefficient (Wildman–Crippen LogP) is 4.85. The maximum absolute atomic E-state index is 6.28. The van der Waals surface area contributed by atoms with E-state index in [2.05, 4.69) is 29.6 Å². The molecule has 2 aromatic carbocycles. The Labute approximate surface area is 136 Å². The van der Waals surface area contributed by atoms with Gasteiger partial charge in [-0.3, -0.25) is 0 Å². The van der Waals surface area contributed by atoms with Crippen LogP contribution in [0.15, 0.2) is 42.5 Å². The molecular formula is C18H19Cl2N. The molecule has 0 saturated heterocycles. The van der Waals surface area contributed by atoms with Crippen molar-refractivity contribution < 1.29 is 0 Å². The highest BCUT2D eigenvalue weighted by molar-refractivity contribution is 6.36. The van der Waals surface area contributed by atoms with E-state index in [0.717, 1.165) is 28.5 Å². The third-order valence-corrected chi connectivity index (χ3v) is 5.16. The SMILES string of the molecule is CNC(Cc1c(Cl)cccc1Cl)CC1Cc2ccccc21. The summed E-state index contributed by atoms with van der Waals surface area (Å²) >= 11 is 12.6. The van der Waals surface area contributed by atoms with Gasteiger partial charge < -0.3 is 5.32 Å². The Balaban J connectivity index is 1.70. The van der Waals surface area contributed by atoms with Gasteiger partial charge in [0, 0.05) is 16.1 Å². The lowest BCUT2D eigenvalue weighted by molar-refractivity contribution is 0.438. The Bertz CT molecular complexity index is 619. The van der Waals surface area contributed by atoms with E-state index in [9.17, 15) is 0 Å². The predicted molar refractivity (Wildman–Crippen MR) is 90.5 cm³/mol. The normalized spacial score (nSPS) is 18.0. The highest BCUT2D eigenvalue weighted by atomic mass is 35.5. The highest BCUT2D eigenvalue weighted by Crippen LogP contribution is 2.38. The second kappa shape index (κ2) is 6.39. The summed E-state index contributed by atoms with van der Waals surface area (Å²) in [6.45, 7) is 0. The van der Waals surface area contributed by atoms with E-state index in [4.69, 9.17) is 23.2 Å². The number of benzene rings is 2. The van der Waals surface area contributed by atoms with Crippen LogP contribution in [0, 0.1) is 0 Å². The molecule has 110 valence electrons. The number of halogens is 2. The van der Waals surface area contributed by atoms with E-state index in [1.54, 1.807) is 0 Å². The lowest BCUT2D eigenvalue weighted by atomic mass is 9.74. The molecule has 0 aliphatic heterocycles. The largest absolute Gasteiger partial charge is 0.317 e. The fraction of sp³-hybridized carbons (Fsp3) is 0.333. The Hall–Kier alpha value is -1.02. The van der Waals surface area contributed by atoms with Crippen molar-refractivity contribution in [3.8, 4) is 0 Å². The second-order valence-corrected chi connectivity index (χ2v) is 6.54. The summed E-state index contributed by atoms with van der Waals surface area (Å²) in [6, 6.07) is 14.8. The zero-order chi connectivity index (χ0) is 14.8. The first-order valence-corrected chi connectivity index (χ1v) is 8.12. The van der Waals surface area contributed by atoms with Crippen LogP contribution in [-0.2, 0) is 12.8 Å². The molecule has 21 heavy (non-hydrogen) atoms. The molecule has 2 atom stereocenters. The van der Waals surface area contributed by atoms with E-state index in [1.165, 1.54) is 17.5 Å². The maximum atomic E-state index is 6.28. The van der Waals surface area contributed by atoms with Gasteiger partial charge in [0.15, 0.2) is 0 Å². The highest BCUT2D eigenvalue weighted by Gasteiger charge is 2.28. The molecule has 0 heterocycles. The zero-order valence-electron chi connectivity index (χ0n) is 12.1. The molecule has 3 heteroatoms. The van der Waals surface area contributed by atoms with Crippen LogP contribution in [0.4, 0.5) is 0 Å². The molecule has 1 aliphatic carbocycles. The standard InChI is InChI=1S/C18H19Cl2N/c1-21-14(11-16-17(19)7-4-8-18(16)20)10-13-9-12-5-2-3-6-15(12)13/h2-8,13-14,21H,9-11H2,1H3. The molecule has 2 unspecified atom stereocenters. The Morgan fingerprint density at radius 2 is 1.81 bits per heavy atom. The van der Waals surface area contributed by atoms with Crippen LogP contribution in [0.1, 0.15) is 29.0 Å². The molecule has 0 spiro atoms. The number of likely N-dealkylation sites (N-methyl/N-ethyl adjacent to an activating group) is 1. The number of hydrogen-bond donors (Lipinski definition) is 1. The molecule has 1 nitrogen and oxygen atoms in total. The molecule has 0 fully saturated rings. The third-order valence-electron chi connectivity index (χ3n) is 4.45. The molecular weight excluding hydrogens is 301 g/mol. The topological polar surface area (TPSA) is 12.0 Å². The average Bonchev–Trinajstić information content (AvgIpc) is 2.46. The zero-order valence-corrected chi connectivity index (χ0v) is 13.6. The maximum Gasteiger partial charge on any atom is 0.0453 e. The summed E-state index contributed by atoms with van der Waals surface area (Å²) in [5.41, 5.74) is 4.05. The first-order valence-electron chi connectivity index (χ1n) is 7.37. The molecule has 0 bridgehead atoms. The fourth-order valence-electron chi connectivity index (χ4n) is 3.19. The van der Waals surface area contributed by atoms with E-state index >= 15 is 0 Å². The van der Waals surface area contributed by atoms with Gasteiger partial charge in [-0.15, -0.1) is 0 Å². The quantitative estimate of drug-likeness (QED) is 0.830. The van der Waals surface area contributed by atoms with Crippen LogP contribution in [0.3, 0.4) is 0 Å². The van der Waals surface area contributed by atoms with Crippen molar-refractivity contribution >= 4 is 23.2 Å². The van der Waals surface area contributed by atoms with Crippen LogP contribution >= 0.6 is 23.2 Å². The summed E-state index contributed by atoms with van der Waals surface area (Å²) in [6.07, 6.45) is 3.17.